The van der Waals surface area contributed by atoms with Gasteiger partial charge in [-0.3, -0.25) is 0 Å². The van der Waals surface area contributed by atoms with E-state index >= 15 is 0 Å². The summed E-state index contributed by atoms with van der Waals surface area (Å²) in [4.78, 5) is 5.02. The minimum atomic E-state index is -0.819. The molecule has 0 bridgehead atoms. The van der Waals surface area contributed by atoms with Crippen LogP contribution in [-0.4, -0.2) is 13.7 Å². The summed E-state index contributed by atoms with van der Waals surface area (Å²) in [5.74, 6) is -1.64. The molecule has 8 heteroatoms. The van der Waals surface area contributed by atoms with Crippen LogP contribution in [0.25, 0.3) is 66.2 Å². The fourth-order valence-electron chi connectivity index (χ4n) is 5.28. The van der Waals surface area contributed by atoms with Gasteiger partial charge in [0.15, 0.2) is 0 Å². The molecule has 192 valence electrons. The summed E-state index contributed by atoms with van der Waals surface area (Å²) in [7, 11) is 0. The number of aromatic nitrogens is 3. The van der Waals surface area contributed by atoms with Crippen LogP contribution >= 0.6 is 11.7 Å². The van der Waals surface area contributed by atoms with E-state index in [-0.39, 0.29) is 11.1 Å². The van der Waals surface area contributed by atoms with E-state index in [0.717, 1.165) is 56.7 Å². The summed E-state index contributed by atoms with van der Waals surface area (Å²) in [6.45, 7) is 0. The van der Waals surface area contributed by atoms with E-state index in [1.165, 1.54) is 0 Å². The van der Waals surface area contributed by atoms with Crippen LogP contribution < -0.4 is 0 Å². The number of hydrogen-bond acceptors (Lipinski definition) is 6. The van der Waals surface area contributed by atoms with Crippen LogP contribution in [0.3, 0.4) is 0 Å². The summed E-state index contributed by atoms with van der Waals surface area (Å²) < 4.78 is 39.2. The molecule has 0 saturated carbocycles. The molecule has 0 radical (unpaired) electrons. The third-order valence-corrected chi connectivity index (χ3v) is 7.63. The van der Waals surface area contributed by atoms with Gasteiger partial charge in [-0.15, -0.1) is 0 Å². The maximum atomic E-state index is 15.0. The molecule has 0 aliphatic rings. The number of nitrogens with zero attached hydrogens (tertiary/aromatic N) is 5. The zero-order chi connectivity index (χ0) is 28.1. The monoisotopic (exact) mass is 551 g/mol. The van der Waals surface area contributed by atoms with Crippen molar-refractivity contribution in [1.82, 2.24) is 13.7 Å². The second-order valence-corrected chi connectivity index (χ2v) is 10.0. The molecule has 0 atom stereocenters. The first-order valence-electron chi connectivity index (χ1n) is 12.5. The van der Waals surface area contributed by atoms with Crippen LogP contribution in [0.1, 0.15) is 11.1 Å². The van der Waals surface area contributed by atoms with Crippen LogP contribution in [0.5, 0.6) is 0 Å². The van der Waals surface area contributed by atoms with Crippen molar-refractivity contribution < 1.29 is 8.78 Å². The number of halogens is 2. The van der Waals surface area contributed by atoms with E-state index in [4.69, 9.17) is 10.2 Å². The van der Waals surface area contributed by atoms with E-state index in [1.54, 1.807) is 30.3 Å². The number of pyridine rings is 1. The minimum Gasteiger partial charge on any atom is -0.247 e. The molecule has 0 spiro atoms. The molecule has 0 aliphatic heterocycles. The zero-order valence-electron chi connectivity index (χ0n) is 21.1. The first-order valence-corrected chi connectivity index (χ1v) is 13.3. The number of rotatable bonds is 3. The van der Waals surface area contributed by atoms with Crippen molar-refractivity contribution >= 4 is 44.4 Å². The third kappa shape index (κ3) is 3.98. The molecular formula is C33H15F2N5S. The fraction of sp³-hybridized carbons (Fsp3) is 0. The molecular weight excluding hydrogens is 536 g/mol. The Morgan fingerprint density at radius 2 is 1.37 bits per heavy atom. The molecule has 5 nitrogen and oxygen atoms in total. The molecule has 0 unspecified atom stereocenters. The van der Waals surface area contributed by atoms with Crippen molar-refractivity contribution in [1.29, 1.82) is 10.5 Å². The Morgan fingerprint density at radius 1 is 0.634 bits per heavy atom. The highest BCUT2D eigenvalue weighted by Crippen LogP contribution is 2.42. The predicted octanol–water partition coefficient (Wildman–Crippen LogP) is 8.42. The summed E-state index contributed by atoms with van der Waals surface area (Å²) in [6.07, 6.45) is 0. The quantitative estimate of drug-likeness (QED) is 0.206. The molecule has 5 aromatic carbocycles. The Labute approximate surface area is 236 Å². The molecule has 41 heavy (non-hydrogen) atoms. The van der Waals surface area contributed by atoms with Crippen LogP contribution in [-0.2, 0) is 0 Å². The Hall–Kier alpha value is -5.57. The lowest BCUT2D eigenvalue weighted by atomic mass is 9.92. The summed E-state index contributed by atoms with van der Waals surface area (Å²) in [5, 5.41) is 21.0. The van der Waals surface area contributed by atoms with Crippen molar-refractivity contribution in [2.24, 2.45) is 0 Å². The molecule has 0 amide bonds. The van der Waals surface area contributed by atoms with Gasteiger partial charge in [-0.05, 0) is 47.5 Å². The van der Waals surface area contributed by atoms with Crippen LogP contribution in [0, 0.1) is 34.3 Å². The fourth-order valence-corrected chi connectivity index (χ4v) is 5.85. The first-order chi connectivity index (χ1) is 20.1. The largest absolute Gasteiger partial charge is 0.247 e. The van der Waals surface area contributed by atoms with Gasteiger partial charge < -0.3 is 0 Å². The number of benzene rings is 5. The van der Waals surface area contributed by atoms with Gasteiger partial charge in [0.1, 0.15) is 22.7 Å². The summed E-state index contributed by atoms with van der Waals surface area (Å²) >= 11 is 1.09. The van der Waals surface area contributed by atoms with Crippen molar-refractivity contribution in [2.45, 2.75) is 0 Å². The lowest BCUT2D eigenvalue weighted by Gasteiger charge is -2.14. The number of nitriles is 2. The maximum absolute atomic E-state index is 15.0. The standard InChI is InChI=1S/C33H15F2N5S/c34-26-12-19(17-37)13-27(35)29(26)22-9-10-23-28(14-22)38-31(20-6-2-1-3-7-20)25-15-24(21-8-4-5-18(11-21)16-36)32-33(30(23)25)40-41-39-32/h1-15H. The van der Waals surface area contributed by atoms with Crippen LogP contribution in [0.2, 0.25) is 0 Å². The lowest BCUT2D eigenvalue weighted by Crippen LogP contribution is -1.95. The Bertz CT molecular complexity index is 2240. The van der Waals surface area contributed by atoms with Crippen molar-refractivity contribution in [2.75, 3.05) is 0 Å². The normalized spacial score (nSPS) is 11.1. The predicted molar refractivity (Wildman–Crippen MR) is 156 cm³/mol. The Balaban J connectivity index is 1.58. The molecule has 7 rings (SSSR count). The van der Waals surface area contributed by atoms with Gasteiger partial charge in [0.2, 0.25) is 0 Å². The molecule has 2 aromatic heterocycles. The van der Waals surface area contributed by atoms with E-state index in [0.29, 0.717) is 33.4 Å². The van der Waals surface area contributed by atoms with E-state index in [9.17, 15) is 14.0 Å². The Kier molecular flexibility index (Phi) is 5.71. The average molecular weight is 552 g/mol. The zero-order valence-corrected chi connectivity index (χ0v) is 21.9. The topological polar surface area (TPSA) is 86.2 Å². The summed E-state index contributed by atoms with van der Waals surface area (Å²) in [6, 6.07) is 30.2. The highest BCUT2D eigenvalue weighted by Gasteiger charge is 2.21. The van der Waals surface area contributed by atoms with E-state index in [1.807, 2.05) is 54.6 Å². The van der Waals surface area contributed by atoms with Crippen molar-refractivity contribution in [3.63, 3.8) is 0 Å². The van der Waals surface area contributed by atoms with Gasteiger partial charge >= 0.3 is 0 Å². The van der Waals surface area contributed by atoms with Gasteiger partial charge in [0.25, 0.3) is 0 Å². The van der Waals surface area contributed by atoms with Gasteiger partial charge in [-0.2, -0.15) is 19.3 Å². The molecule has 0 aliphatic carbocycles. The van der Waals surface area contributed by atoms with Crippen LogP contribution in [0.4, 0.5) is 8.78 Å². The van der Waals surface area contributed by atoms with Gasteiger partial charge in [0.05, 0.1) is 51.8 Å². The highest BCUT2D eigenvalue weighted by molar-refractivity contribution is 7.00. The van der Waals surface area contributed by atoms with Crippen LogP contribution in [0.15, 0.2) is 91.0 Å². The molecule has 0 saturated heterocycles. The van der Waals surface area contributed by atoms with Crippen molar-refractivity contribution in [3.05, 3.63) is 114 Å². The van der Waals surface area contributed by atoms with Gasteiger partial charge in [-0.25, -0.2) is 13.8 Å². The number of hydrogen-bond donors (Lipinski definition) is 0. The minimum absolute atomic E-state index is 0.0884. The maximum Gasteiger partial charge on any atom is 0.135 e. The number of fused-ring (bicyclic) bond motifs is 5. The second kappa shape index (κ2) is 9.56. The molecule has 0 N–H and O–H groups in total. The molecule has 7 aromatic rings. The van der Waals surface area contributed by atoms with E-state index in [2.05, 4.69) is 14.8 Å². The van der Waals surface area contributed by atoms with Gasteiger partial charge in [0, 0.05) is 27.3 Å². The van der Waals surface area contributed by atoms with E-state index < -0.39 is 11.6 Å². The Morgan fingerprint density at radius 3 is 2.12 bits per heavy atom. The molecule has 0 fully saturated rings. The van der Waals surface area contributed by atoms with Gasteiger partial charge in [-0.1, -0.05) is 54.6 Å². The lowest BCUT2D eigenvalue weighted by molar-refractivity contribution is 0.589. The van der Waals surface area contributed by atoms with Crippen molar-refractivity contribution in [3.8, 4) is 45.6 Å². The summed E-state index contributed by atoms with van der Waals surface area (Å²) in [5.41, 5.74) is 5.64. The average Bonchev–Trinajstić information content (AvgIpc) is 3.50. The highest BCUT2D eigenvalue weighted by atomic mass is 32.1. The second-order valence-electron chi connectivity index (χ2n) is 9.49. The molecule has 2 heterocycles. The third-order valence-electron chi connectivity index (χ3n) is 7.10. The SMILES string of the molecule is N#Cc1cccc(-c2cc3c(-c4ccccc4)nc4cc(-c5c(F)cc(C#N)cc5F)ccc4c3c3nsnc23)c1. The smallest absolute Gasteiger partial charge is 0.135 e. The first kappa shape index (κ1) is 24.5.